The van der Waals surface area contributed by atoms with Crippen LogP contribution in [0.4, 0.5) is 13.2 Å². The fraction of sp³-hybridized carbons (Fsp3) is 0.548. The van der Waals surface area contributed by atoms with Crippen molar-refractivity contribution in [1.82, 2.24) is 9.80 Å². The zero-order valence-electron chi connectivity index (χ0n) is 23.1. The number of amides is 1. The van der Waals surface area contributed by atoms with Crippen LogP contribution in [0, 0.1) is 5.41 Å². The first-order chi connectivity index (χ1) is 19.7. The van der Waals surface area contributed by atoms with Gasteiger partial charge in [-0.2, -0.15) is 13.2 Å². The van der Waals surface area contributed by atoms with E-state index in [0.29, 0.717) is 57.6 Å². The Bertz CT molecular complexity index is 1180. The van der Waals surface area contributed by atoms with Gasteiger partial charge in [0.05, 0.1) is 12.6 Å². The molecule has 3 saturated heterocycles. The average Bonchev–Trinajstić information content (AvgIpc) is 2.99. The van der Waals surface area contributed by atoms with E-state index in [-0.39, 0.29) is 18.6 Å². The first-order valence-electron chi connectivity index (χ1n) is 14.4. The Hall–Kier alpha value is -3.11. The Morgan fingerprint density at radius 3 is 2.37 bits per heavy atom. The van der Waals surface area contributed by atoms with E-state index >= 15 is 0 Å². The second-order valence-corrected chi connectivity index (χ2v) is 11.3. The number of alkyl halides is 3. The first kappa shape index (κ1) is 29.4. The molecule has 0 aliphatic carbocycles. The summed E-state index contributed by atoms with van der Waals surface area (Å²) in [6.07, 6.45) is -1.22. The average molecular weight is 575 g/mol. The van der Waals surface area contributed by atoms with Crippen LogP contribution in [0.5, 0.6) is 5.75 Å². The molecule has 3 aliphatic heterocycles. The molecule has 1 spiro atoms. The molecule has 0 radical (unpaired) electrons. The van der Waals surface area contributed by atoms with Crippen LogP contribution in [0.25, 0.3) is 0 Å². The maximum absolute atomic E-state index is 13.2. The fourth-order valence-corrected chi connectivity index (χ4v) is 6.18. The third-order valence-electron chi connectivity index (χ3n) is 8.65. The van der Waals surface area contributed by atoms with Crippen LogP contribution in [-0.2, 0) is 20.8 Å². The molecule has 2 atom stereocenters. The van der Waals surface area contributed by atoms with Crippen LogP contribution in [0.3, 0.4) is 0 Å². The molecule has 10 heteroatoms. The minimum atomic E-state index is -5.10. The predicted octanol–water partition coefficient (Wildman–Crippen LogP) is 5.24. The molecule has 3 heterocycles. The number of rotatable bonds is 7. The molecule has 7 nitrogen and oxygen atoms in total. The molecule has 2 aromatic rings. The van der Waals surface area contributed by atoms with Crippen molar-refractivity contribution < 1.29 is 37.0 Å². The summed E-state index contributed by atoms with van der Waals surface area (Å²) in [5.74, 6) is -1.67. The Balaban J connectivity index is 1.24. The zero-order chi connectivity index (χ0) is 28.9. The van der Waals surface area contributed by atoms with Crippen LogP contribution in [0.15, 0.2) is 54.6 Å². The van der Waals surface area contributed by atoms with Crippen LogP contribution in [0.2, 0.25) is 0 Å². The number of carbonyl (C=O) groups is 2. The highest BCUT2D eigenvalue weighted by atomic mass is 19.4. The number of nitrogens with zero attached hydrogens (tertiary/aromatic N) is 2. The van der Waals surface area contributed by atoms with E-state index in [1.807, 2.05) is 24.3 Å². The third-order valence-corrected chi connectivity index (χ3v) is 8.65. The van der Waals surface area contributed by atoms with Crippen molar-refractivity contribution in [1.29, 1.82) is 0 Å². The van der Waals surface area contributed by atoms with Crippen molar-refractivity contribution in [3.63, 3.8) is 0 Å². The summed E-state index contributed by atoms with van der Waals surface area (Å²) in [4.78, 5) is 28.8. The van der Waals surface area contributed by atoms with Gasteiger partial charge in [-0.25, -0.2) is 4.79 Å². The van der Waals surface area contributed by atoms with Crippen molar-refractivity contribution in [2.75, 3.05) is 39.4 Å². The van der Waals surface area contributed by atoms with Crippen molar-refractivity contribution in [2.45, 2.75) is 63.5 Å². The minimum Gasteiger partial charge on any atom is -0.491 e. The number of carbonyl (C=O) groups excluding carboxylic acids is 2. The Morgan fingerprint density at radius 1 is 0.951 bits per heavy atom. The van der Waals surface area contributed by atoms with E-state index in [1.54, 1.807) is 30.3 Å². The molecule has 5 rings (SSSR count). The summed E-state index contributed by atoms with van der Waals surface area (Å²) in [7, 11) is 0. The normalized spacial score (nSPS) is 23.2. The highest BCUT2D eigenvalue weighted by Crippen LogP contribution is 2.44. The number of hydrogen-bond donors (Lipinski definition) is 0. The molecule has 222 valence electrons. The van der Waals surface area contributed by atoms with Crippen LogP contribution in [0.1, 0.15) is 54.4 Å². The monoisotopic (exact) mass is 574 g/mol. The molecule has 41 heavy (non-hydrogen) atoms. The van der Waals surface area contributed by atoms with Gasteiger partial charge in [-0.1, -0.05) is 36.4 Å². The molecule has 2 aromatic carbocycles. The lowest BCUT2D eigenvalue weighted by atomic mass is 9.69. The molecule has 0 saturated carbocycles. The lowest BCUT2D eigenvalue weighted by Gasteiger charge is -2.51. The summed E-state index contributed by atoms with van der Waals surface area (Å²) in [5.41, 5.74) is 0.872. The highest BCUT2D eigenvalue weighted by Gasteiger charge is 2.51. The van der Waals surface area contributed by atoms with Crippen LogP contribution >= 0.6 is 0 Å². The van der Waals surface area contributed by atoms with E-state index in [0.717, 1.165) is 37.2 Å². The number of likely N-dealkylation sites (tertiary alicyclic amines) is 2. The van der Waals surface area contributed by atoms with Gasteiger partial charge in [0, 0.05) is 36.2 Å². The summed E-state index contributed by atoms with van der Waals surface area (Å²) < 4.78 is 56.7. The molecule has 0 N–H and O–H groups in total. The van der Waals surface area contributed by atoms with Crippen LogP contribution in [-0.4, -0.2) is 79.5 Å². The van der Waals surface area contributed by atoms with E-state index in [2.05, 4.69) is 4.90 Å². The standard InChI is InChI=1S/C31H37F3N2O5/c32-31(33,34)29(38)41-27-21-36(28(37)23-8-2-1-3-9-23)18-15-30(27)13-16-35(17-14-30)20-24-10-4-5-12-26(24)40-22-25-11-6-7-19-39-25/h1-5,8-10,12,25,27H,6-7,11,13-22H2. The summed E-state index contributed by atoms with van der Waals surface area (Å²) in [6, 6.07) is 16.5. The molecule has 2 unspecified atom stereocenters. The smallest absolute Gasteiger partial charge is 0.490 e. The zero-order valence-corrected chi connectivity index (χ0v) is 23.1. The Labute approximate surface area is 238 Å². The highest BCUT2D eigenvalue weighted by molar-refractivity contribution is 5.94. The third kappa shape index (κ3) is 7.22. The number of hydrogen-bond acceptors (Lipinski definition) is 6. The number of piperidine rings is 2. The topological polar surface area (TPSA) is 68.3 Å². The van der Waals surface area contributed by atoms with Crippen molar-refractivity contribution in [3.8, 4) is 5.75 Å². The quantitative estimate of drug-likeness (QED) is 0.422. The molecule has 3 fully saturated rings. The summed E-state index contributed by atoms with van der Waals surface area (Å²) in [5, 5.41) is 0. The van der Waals surface area contributed by atoms with Crippen LogP contribution < -0.4 is 4.74 Å². The summed E-state index contributed by atoms with van der Waals surface area (Å²) >= 11 is 0. The maximum atomic E-state index is 13.2. The predicted molar refractivity (Wildman–Crippen MR) is 145 cm³/mol. The molecular weight excluding hydrogens is 537 g/mol. The number of halogens is 3. The maximum Gasteiger partial charge on any atom is 0.490 e. The molecule has 0 bridgehead atoms. The van der Waals surface area contributed by atoms with Gasteiger partial charge in [-0.15, -0.1) is 0 Å². The largest absolute Gasteiger partial charge is 0.491 e. The van der Waals surface area contributed by atoms with E-state index < -0.39 is 23.7 Å². The lowest BCUT2D eigenvalue weighted by molar-refractivity contribution is -0.216. The number of ether oxygens (including phenoxy) is 3. The molecule has 3 aliphatic rings. The van der Waals surface area contributed by atoms with Crippen molar-refractivity contribution in [3.05, 3.63) is 65.7 Å². The van der Waals surface area contributed by atoms with Gasteiger partial charge in [0.1, 0.15) is 18.5 Å². The summed E-state index contributed by atoms with van der Waals surface area (Å²) in [6.45, 7) is 3.51. The SMILES string of the molecule is O=C(c1ccccc1)N1CCC2(CCN(Cc3ccccc3OCC3CCCCO3)CC2)C(OC(=O)C(F)(F)F)C1. The van der Waals surface area contributed by atoms with E-state index in [4.69, 9.17) is 14.2 Å². The van der Waals surface area contributed by atoms with Crippen molar-refractivity contribution in [2.24, 2.45) is 5.41 Å². The van der Waals surface area contributed by atoms with Crippen molar-refractivity contribution >= 4 is 11.9 Å². The number of benzene rings is 2. The van der Waals surface area contributed by atoms with Gasteiger partial charge in [0.2, 0.25) is 0 Å². The Morgan fingerprint density at radius 2 is 1.66 bits per heavy atom. The minimum absolute atomic E-state index is 0.0601. The Kier molecular flexibility index (Phi) is 9.19. The van der Waals surface area contributed by atoms with Gasteiger partial charge in [0.25, 0.3) is 5.91 Å². The number of esters is 1. The van der Waals surface area contributed by atoms with Gasteiger partial charge >= 0.3 is 12.1 Å². The fourth-order valence-electron chi connectivity index (χ4n) is 6.18. The van der Waals surface area contributed by atoms with Gasteiger partial charge in [0.15, 0.2) is 0 Å². The molecular formula is C31H37F3N2O5. The number of para-hydroxylation sites is 1. The van der Waals surface area contributed by atoms with Gasteiger partial charge in [-0.05, 0) is 69.8 Å². The molecule has 1 amide bonds. The van der Waals surface area contributed by atoms with E-state index in [1.165, 1.54) is 4.90 Å². The first-order valence-corrected chi connectivity index (χ1v) is 14.4. The lowest BCUT2D eigenvalue weighted by Crippen LogP contribution is -2.58. The molecule has 0 aromatic heterocycles. The van der Waals surface area contributed by atoms with E-state index in [9.17, 15) is 22.8 Å². The second kappa shape index (κ2) is 12.8. The van der Waals surface area contributed by atoms with Gasteiger partial charge in [-0.3, -0.25) is 9.69 Å². The van der Waals surface area contributed by atoms with Gasteiger partial charge < -0.3 is 19.1 Å². The second-order valence-electron chi connectivity index (χ2n) is 11.3.